The summed E-state index contributed by atoms with van der Waals surface area (Å²) < 4.78 is 1.06. The third-order valence-corrected chi connectivity index (χ3v) is 3.01. The number of fused-ring (bicyclic) bond motifs is 1. The van der Waals surface area contributed by atoms with Gasteiger partial charge in [0.2, 0.25) is 0 Å². The molecule has 0 aliphatic heterocycles. The Balaban J connectivity index is 2.74. The van der Waals surface area contributed by atoms with Crippen molar-refractivity contribution in [3.63, 3.8) is 0 Å². The van der Waals surface area contributed by atoms with Gasteiger partial charge in [-0.3, -0.25) is 4.98 Å². The molecule has 0 aliphatic carbocycles. The first-order chi connectivity index (χ1) is 7.22. The van der Waals surface area contributed by atoms with E-state index in [1.807, 2.05) is 26.1 Å². The average molecular weight is 265 g/mol. The van der Waals surface area contributed by atoms with Crippen LogP contribution in [0.25, 0.3) is 10.9 Å². The summed E-state index contributed by atoms with van der Waals surface area (Å²) in [4.78, 5) is 4.54. The summed E-state index contributed by atoms with van der Waals surface area (Å²) in [6.07, 6.45) is 0. The second kappa shape index (κ2) is 4.29. The number of para-hydroxylation sites is 1. The van der Waals surface area contributed by atoms with Gasteiger partial charge in [-0.05, 0) is 47.6 Å². The smallest absolute Gasteiger partial charge is 0.0850 e. The summed E-state index contributed by atoms with van der Waals surface area (Å²) >= 11 is 3.53. The maximum atomic E-state index is 4.54. The number of halogens is 1. The van der Waals surface area contributed by atoms with Gasteiger partial charge in [-0.1, -0.05) is 12.1 Å². The number of nitrogens with zero attached hydrogens (tertiary/aromatic N) is 1. The molecule has 0 radical (unpaired) electrons. The highest BCUT2D eigenvalue weighted by Gasteiger charge is 2.05. The molecule has 1 aromatic heterocycles. The Kier molecular flexibility index (Phi) is 3.03. The van der Waals surface area contributed by atoms with Crippen LogP contribution >= 0.6 is 15.9 Å². The van der Waals surface area contributed by atoms with E-state index in [-0.39, 0.29) is 0 Å². The lowest BCUT2D eigenvalue weighted by Crippen LogP contribution is -2.06. The van der Waals surface area contributed by atoms with E-state index in [0.717, 1.165) is 22.2 Å². The van der Waals surface area contributed by atoms with Crippen molar-refractivity contribution in [1.29, 1.82) is 0 Å². The molecule has 3 heteroatoms. The van der Waals surface area contributed by atoms with Crippen molar-refractivity contribution in [1.82, 2.24) is 10.3 Å². The Bertz CT molecular complexity index is 494. The first-order valence-electron chi connectivity index (χ1n) is 4.91. The minimum atomic E-state index is 0.871. The standard InChI is InChI=1S/C12H13BrN2/c1-8-6-9(7-14-2)10-4-3-5-11(13)12(10)15-8/h3-6,14H,7H2,1-2H3. The number of pyridine rings is 1. The molecule has 0 fully saturated rings. The van der Waals surface area contributed by atoms with Crippen LogP contribution in [0.2, 0.25) is 0 Å². The van der Waals surface area contributed by atoms with Crippen LogP contribution in [0.15, 0.2) is 28.7 Å². The fourth-order valence-electron chi connectivity index (χ4n) is 1.76. The Morgan fingerprint density at radius 3 is 2.93 bits per heavy atom. The Morgan fingerprint density at radius 2 is 2.20 bits per heavy atom. The Morgan fingerprint density at radius 1 is 1.40 bits per heavy atom. The van der Waals surface area contributed by atoms with Crippen LogP contribution in [0.5, 0.6) is 0 Å². The van der Waals surface area contributed by atoms with Crippen molar-refractivity contribution in [3.05, 3.63) is 40.0 Å². The molecule has 1 aromatic carbocycles. The van der Waals surface area contributed by atoms with Crippen molar-refractivity contribution in [2.24, 2.45) is 0 Å². The molecule has 2 rings (SSSR count). The summed E-state index contributed by atoms with van der Waals surface area (Å²) in [5, 5.41) is 4.39. The van der Waals surface area contributed by atoms with Gasteiger partial charge in [0, 0.05) is 22.1 Å². The number of aromatic nitrogens is 1. The predicted molar refractivity (Wildman–Crippen MR) is 66.9 cm³/mol. The molecule has 0 saturated heterocycles. The molecule has 1 N–H and O–H groups in total. The zero-order chi connectivity index (χ0) is 10.8. The molecule has 2 nitrogen and oxygen atoms in total. The minimum absolute atomic E-state index is 0.871. The van der Waals surface area contributed by atoms with Crippen LogP contribution in [0.4, 0.5) is 0 Å². The summed E-state index contributed by atoms with van der Waals surface area (Å²) in [5.41, 5.74) is 3.39. The number of nitrogens with one attached hydrogen (secondary N) is 1. The van der Waals surface area contributed by atoms with Crippen molar-refractivity contribution in [2.75, 3.05) is 7.05 Å². The lowest BCUT2D eigenvalue weighted by atomic mass is 10.1. The molecule has 0 unspecified atom stereocenters. The molecule has 0 saturated carbocycles. The van der Waals surface area contributed by atoms with Crippen LogP contribution in [0.3, 0.4) is 0 Å². The molecule has 0 atom stereocenters. The fourth-order valence-corrected chi connectivity index (χ4v) is 2.22. The highest BCUT2D eigenvalue weighted by atomic mass is 79.9. The molecule has 0 spiro atoms. The molecular weight excluding hydrogens is 252 g/mol. The lowest BCUT2D eigenvalue weighted by Gasteiger charge is -2.08. The van der Waals surface area contributed by atoms with Crippen LogP contribution < -0.4 is 5.32 Å². The topological polar surface area (TPSA) is 24.9 Å². The molecule has 0 bridgehead atoms. The second-order valence-electron chi connectivity index (χ2n) is 3.59. The van der Waals surface area contributed by atoms with E-state index in [1.54, 1.807) is 0 Å². The zero-order valence-electron chi connectivity index (χ0n) is 8.84. The van der Waals surface area contributed by atoms with Crippen LogP contribution in [-0.2, 0) is 6.54 Å². The van der Waals surface area contributed by atoms with Gasteiger partial charge in [-0.25, -0.2) is 0 Å². The zero-order valence-corrected chi connectivity index (χ0v) is 10.4. The molecule has 0 amide bonds. The third-order valence-electron chi connectivity index (χ3n) is 2.37. The highest BCUT2D eigenvalue weighted by Crippen LogP contribution is 2.25. The first kappa shape index (κ1) is 10.6. The summed E-state index contributed by atoms with van der Waals surface area (Å²) in [6, 6.07) is 8.31. The van der Waals surface area contributed by atoms with Gasteiger partial charge < -0.3 is 5.32 Å². The summed E-state index contributed by atoms with van der Waals surface area (Å²) in [5.74, 6) is 0. The number of aryl methyl sites for hydroxylation is 1. The van der Waals surface area contributed by atoms with Crippen molar-refractivity contribution < 1.29 is 0 Å². The third kappa shape index (κ3) is 2.03. The molecule has 0 aliphatic rings. The number of rotatable bonds is 2. The van der Waals surface area contributed by atoms with E-state index in [9.17, 15) is 0 Å². The van der Waals surface area contributed by atoms with Crippen molar-refractivity contribution in [3.8, 4) is 0 Å². The minimum Gasteiger partial charge on any atom is -0.316 e. The molecule has 1 heterocycles. The highest BCUT2D eigenvalue weighted by molar-refractivity contribution is 9.10. The van der Waals surface area contributed by atoms with E-state index in [1.165, 1.54) is 10.9 Å². The molecule has 15 heavy (non-hydrogen) atoms. The van der Waals surface area contributed by atoms with Crippen molar-refractivity contribution in [2.45, 2.75) is 13.5 Å². The Labute approximate surface area is 97.8 Å². The van der Waals surface area contributed by atoms with E-state index in [2.05, 4.69) is 38.4 Å². The summed E-state index contributed by atoms with van der Waals surface area (Å²) in [7, 11) is 1.96. The van der Waals surface area contributed by atoms with Crippen molar-refractivity contribution >= 4 is 26.8 Å². The maximum Gasteiger partial charge on any atom is 0.0850 e. The largest absolute Gasteiger partial charge is 0.316 e. The van der Waals surface area contributed by atoms with Gasteiger partial charge in [0.1, 0.15) is 0 Å². The molecule has 2 aromatic rings. The van der Waals surface area contributed by atoms with Crippen LogP contribution in [0.1, 0.15) is 11.3 Å². The van der Waals surface area contributed by atoms with E-state index in [0.29, 0.717) is 0 Å². The Hall–Kier alpha value is -0.930. The number of hydrogen-bond acceptors (Lipinski definition) is 2. The maximum absolute atomic E-state index is 4.54. The lowest BCUT2D eigenvalue weighted by molar-refractivity contribution is 0.821. The van der Waals surface area contributed by atoms with Crippen LogP contribution in [-0.4, -0.2) is 12.0 Å². The van der Waals surface area contributed by atoms with E-state index >= 15 is 0 Å². The van der Waals surface area contributed by atoms with Gasteiger partial charge in [0.05, 0.1) is 5.52 Å². The fraction of sp³-hybridized carbons (Fsp3) is 0.250. The van der Waals surface area contributed by atoms with Gasteiger partial charge >= 0.3 is 0 Å². The molecular formula is C12H13BrN2. The predicted octanol–water partition coefficient (Wildman–Crippen LogP) is 3.03. The SMILES string of the molecule is CNCc1cc(C)nc2c(Br)cccc12. The normalized spacial score (nSPS) is 10.9. The first-order valence-corrected chi connectivity index (χ1v) is 5.71. The second-order valence-corrected chi connectivity index (χ2v) is 4.44. The van der Waals surface area contributed by atoms with E-state index < -0.39 is 0 Å². The quantitative estimate of drug-likeness (QED) is 0.902. The monoisotopic (exact) mass is 264 g/mol. The van der Waals surface area contributed by atoms with Gasteiger partial charge in [0.15, 0.2) is 0 Å². The van der Waals surface area contributed by atoms with Gasteiger partial charge in [0.25, 0.3) is 0 Å². The van der Waals surface area contributed by atoms with Gasteiger partial charge in [-0.2, -0.15) is 0 Å². The van der Waals surface area contributed by atoms with Crippen LogP contribution in [0, 0.1) is 6.92 Å². The molecule has 78 valence electrons. The van der Waals surface area contributed by atoms with E-state index in [4.69, 9.17) is 0 Å². The number of benzene rings is 1. The number of hydrogen-bond donors (Lipinski definition) is 1. The van der Waals surface area contributed by atoms with Gasteiger partial charge in [-0.15, -0.1) is 0 Å². The average Bonchev–Trinajstić information content (AvgIpc) is 2.20. The summed E-state index contributed by atoms with van der Waals surface area (Å²) in [6.45, 7) is 2.90.